The minimum absolute atomic E-state index is 0.0138. The number of benzene rings is 1. The van der Waals surface area contributed by atoms with Crippen LogP contribution >= 0.6 is 0 Å². The van der Waals surface area contributed by atoms with Gasteiger partial charge in [-0.1, -0.05) is 6.07 Å². The van der Waals surface area contributed by atoms with Crippen molar-refractivity contribution in [3.8, 4) is 0 Å². The number of aromatic nitrogens is 1. The van der Waals surface area contributed by atoms with E-state index in [0.717, 1.165) is 12.3 Å². The molecule has 0 atom stereocenters. The van der Waals surface area contributed by atoms with Crippen molar-refractivity contribution in [1.29, 1.82) is 0 Å². The average Bonchev–Trinajstić information content (AvgIpc) is 3.21. The lowest BCUT2D eigenvalue weighted by Gasteiger charge is -2.30. The van der Waals surface area contributed by atoms with Crippen LogP contribution in [0.1, 0.15) is 11.7 Å². The van der Waals surface area contributed by atoms with Crippen LogP contribution in [-0.2, 0) is 9.59 Å². The van der Waals surface area contributed by atoms with E-state index >= 15 is 0 Å². The van der Waals surface area contributed by atoms with Crippen molar-refractivity contribution >= 4 is 28.4 Å². The van der Waals surface area contributed by atoms with Crippen LogP contribution in [-0.4, -0.2) is 43.9 Å². The Balaban J connectivity index is 2.23. The molecule has 1 aliphatic rings. The summed E-state index contributed by atoms with van der Waals surface area (Å²) < 4.78 is 77.6. The average molecular weight is 422 g/mol. The fourth-order valence-electron chi connectivity index (χ4n) is 2.94. The van der Waals surface area contributed by atoms with Crippen LogP contribution in [0.4, 0.5) is 32.0 Å². The van der Waals surface area contributed by atoms with Gasteiger partial charge in [-0.3, -0.25) is 29.5 Å². The van der Waals surface area contributed by atoms with E-state index in [1.54, 1.807) is 0 Å². The van der Waals surface area contributed by atoms with Crippen molar-refractivity contribution < 1.29 is 40.9 Å². The highest BCUT2D eigenvalue weighted by Gasteiger charge is 2.52. The van der Waals surface area contributed by atoms with Crippen molar-refractivity contribution in [2.75, 3.05) is 0 Å². The lowest BCUT2D eigenvalue weighted by atomic mass is 10.1. The van der Waals surface area contributed by atoms with E-state index < -0.39 is 46.5 Å². The van der Waals surface area contributed by atoms with Crippen LogP contribution in [0.15, 0.2) is 36.8 Å². The Kier molecular flexibility index (Phi) is 4.51. The van der Waals surface area contributed by atoms with Gasteiger partial charge in [0.25, 0.3) is 5.69 Å². The summed E-state index contributed by atoms with van der Waals surface area (Å²) in [4.78, 5) is 36.1. The third-order valence-electron chi connectivity index (χ3n) is 4.06. The van der Waals surface area contributed by atoms with Crippen molar-refractivity contribution in [2.45, 2.75) is 18.5 Å². The first-order chi connectivity index (χ1) is 13.3. The highest BCUT2D eigenvalue weighted by Crippen LogP contribution is 2.41. The van der Waals surface area contributed by atoms with Crippen molar-refractivity contribution in [3.05, 3.63) is 52.5 Å². The van der Waals surface area contributed by atoms with Crippen LogP contribution in [0, 0.1) is 10.1 Å². The Hall–Kier alpha value is -3.58. The first-order valence-corrected chi connectivity index (χ1v) is 7.55. The van der Waals surface area contributed by atoms with Crippen LogP contribution in [0.3, 0.4) is 0 Å². The smallest absolute Gasteiger partial charge is 0.361 e. The maximum atomic E-state index is 12.9. The molecular weight excluding hydrogens is 414 g/mol. The van der Waals surface area contributed by atoms with Gasteiger partial charge in [0.15, 0.2) is 0 Å². The first-order valence-electron chi connectivity index (χ1n) is 7.55. The van der Waals surface area contributed by atoms with Crippen LogP contribution < -0.4 is 0 Å². The molecule has 14 heteroatoms. The van der Waals surface area contributed by atoms with Crippen LogP contribution in [0.5, 0.6) is 0 Å². The highest BCUT2D eigenvalue weighted by molar-refractivity contribution is 5.94. The Morgan fingerprint density at radius 1 is 1.00 bits per heavy atom. The molecule has 3 rings (SSSR count). The number of halogens is 6. The monoisotopic (exact) mass is 422 g/mol. The number of non-ortho nitro benzene ring substituents is 1. The topological polar surface area (TPSA) is 99.6 Å². The number of H-pyrrole nitrogens is 1. The number of amides is 2. The van der Waals surface area contributed by atoms with Gasteiger partial charge in [0, 0.05) is 30.2 Å². The molecule has 8 nitrogen and oxygen atoms in total. The number of fused-ring (bicyclic) bond motifs is 1. The SMILES string of the molecule is O=C(N1C=CN(C(=O)C(F)(F)F)C1c1c[nH]c2cccc([N+](=O)[O-])c12)C(F)(F)F. The predicted molar refractivity (Wildman–Crippen MR) is 82.6 cm³/mol. The standard InChI is InChI=1S/C15H8F6N4O4/c16-14(17,18)12(26)23-4-5-24(13(27)15(19,20)21)11(23)7-6-22-8-2-1-3-9(10(7)8)25(28)29/h1-6,11,22H. The number of nitrogens with zero attached hydrogens (tertiary/aromatic N) is 3. The molecule has 29 heavy (non-hydrogen) atoms. The minimum atomic E-state index is -5.47. The second-order valence-corrected chi connectivity index (χ2v) is 5.79. The van der Waals surface area contributed by atoms with Gasteiger partial charge >= 0.3 is 24.2 Å². The summed E-state index contributed by atoms with van der Waals surface area (Å²) in [6.45, 7) is 0. The molecule has 0 saturated carbocycles. The lowest BCUT2D eigenvalue weighted by molar-refractivity contribution is -0.383. The summed E-state index contributed by atoms with van der Waals surface area (Å²) >= 11 is 0. The molecule has 0 saturated heterocycles. The van der Waals surface area contributed by atoms with Crippen molar-refractivity contribution in [1.82, 2.24) is 14.8 Å². The number of nitro groups is 1. The summed E-state index contributed by atoms with van der Waals surface area (Å²) in [5, 5.41) is 10.9. The van der Waals surface area contributed by atoms with Crippen LogP contribution in [0.2, 0.25) is 0 Å². The zero-order chi connectivity index (χ0) is 21.7. The third kappa shape index (κ3) is 3.36. The van der Waals surface area contributed by atoms with E-state index in [0.29, 0.717) is 12.4 Å². The van der Waals surface area contributed by atoms with Crippen molar-refractivity contribution in [3.63, 3.8) is 0 Å². The molecule has 0 fully saturated rings. The summed E-state index contributed by atoms with van der Waals surface area (Å²) in [5.74, 6) is -5.10. The number of rotatable bonds is 2. The number of carbonyl (C=O) groups excluding carboxylic acids is 2. The largest absolute Gasteiger partial charge is 0.471 e. The molecule has 1 aromatic carbocycles. The Morgan fingerprint density at radius 3 is 1.97 bits per heavy atom. The second kappa shape index (κ2) is 6.49. The fraction of sp³-hybridized carbons (Fsp3) is 0.200. The number of nitro benzene ring substituents is 1. The summed E-state index contributed by atoms with van der Waals surface area (Å²) in [5.41, 5.74) is -1.11. The maximum absolute atomic E-state index is 12.9. The predicted octanol–water partition coefficient (Wildman–Crippen LogP) is 3.34. The Labute approximate surface area is 156 Å². The molecule has 1 N–H and O–H groups in total. The van der Waals surface area contributed by atoms with Gasteiger partial charge in [0.2, 0.25) is 0 Å². The second-order valence-electron chi connectivity index (χ2n) is 5.79. The maximum Gasteiger partial charge on any atom is 0.471 e. The molecule has 0 spiro atoms. The van der Waals surface area contributed by atoms with E-state index in [1.807, 2.05) is 0 Å². The number of hydrogen-bond donors (Lipinski definition) is 1. The van der Waals surface area contributed by atoms with Gasteiger partial charge in [-0.25, -0.2) is 0 Å². The van der Waals surface area contributed by atoms with Gasteiger partial charge in [-0.05, 0) is 6.07 Å². The molecule has 0 unspecified atom stereocenters. The lowest BCUT2D eigenvalue weighted by Crippen LogP contribution is -2.46. The van der Waals surface area contributed by atoms with Gasteiger partial charge < -0.3 is 4.98 Å². The Morgan fingerprint density at radius 2 is 1.52 bits per heavy atom. The number of alkyl halides is 6. The molecule has 2 heterocycles. The summed E-state index contributed by atoms with van der Waals surface area (Å²) in [6.07, 6.45) is -11.6. The highest BCUT2D eigenvalue weighted by atomic mass is 19.4. The number of carbonyl (C=O) groups is 2. The molecule has 0 radical (unpaired) electrons. The van der Waals surface area contributed by atoms with Crippen LogP contribution in [0.25, 0.3) is 10.9 Å². The van der Waals surface area contributed by atoms with Gasteiger partial charge in [-0.15, -0.1) is 0 Å². The molecular formula is C15H8F6N4O4. The van der Waals surface area contributed by atoms with E-state index in [2.05, 4.69) is 4.98 Å². The quantitative estimate of drug-likeness (QED) is 0.456. The van der Waals surface area contributed by atoms with E-state index in [1.165, 1.54) is 12.1 Å². The van der Waals surface area contributed by atoms with Crippen molar-refractivity contribution in [2.24, 2.45) is 0 Å². The fourth-order valence-corrected chi connectivity index (χ4v) is 2.94. The van der Waals surface area contributed by atoms with E-state index in [9.17, 15) is 46.0 Å². The molecule has 2 amide bonds. The molecule has 154 valence electrons. The van der Waals surface area contributed by atoms with E-state index in [4.69, 9.17) is 0 Å². The number of aromatic amines is 1. The third-order valence-corrected chi connectivity index (χ3v) is 4.06. The van der Waals surface area contributed by atoms with Gasteiger partial charge in [0.05, 0.1) is 15.8 Å². The Bertz CT molecular complexity index is 1010. The zero-order valence-corrected chi connectivity index (χ0v) is 13.8. The number of hydrogen-bond acceptors (Lipinski definition) is 4. The molecule has 1 aliphatic heterocycles. The normalized spacial score (nSPS) is 15.4. The molecule has 0 aliphatic carbocycles. The summed E-state index contributed by atoms with van der Waals surface area (Å²) in [7, 11) is 0. The number of nitrogens with one attached hydrogen (secondary N) is 1. The summed E-state index contributed by atoms with van der Waals surface area (Å²) in [6, 6.07) is 3.51. The molecule has 2 aromatic rings. The minimum Gasteiger partial charge on any atom is -0.361 e. The first kappa shape index (κ1) is 20.2. The molecule has 1 aromatic heterocycles. The van der Waals surface area contributed by atoms with Gasteiger partial charge in [0.1, 0.15) is 6.17 Å². The zero-order valence-electron chi connectivity index (χ0n) is 13.8. The molecule has 0 bridgehead atoms. The van der Waals surface area contributed by atoms with Gasteiger partial charge in [-0.2, -0.15) is 26.3 Å². The van der Waals surface area contributed by atoms with E-state index in [-0.39, 0.29) is 20.7 Å².